The number of benzene rings is 2. The molecule has 7 nitrogen and oxygen atoms in total. The number of ether oxygens (including phenoxy) is 2. The highest BCUT2D eigenvalue weighted by Crippen LogP contribution is 2.20. The van der Waals surface area contributed by atoms with Gasteiger partial charge in [-0.1, -0.05) is 17.3 Å². The first-order valence-corrected chi connectivity index (χ1v) is 9.42. The number of esters is 1. The minimum Gasteiger partial charge on any atom is -0.494 e. The van der Waals surface area contributed by atoms with E-state index in [4.69, 9.17) is 14.0 Å². The van der Waals surface area contributed by atoms with Crippen molar-refractivity contribution in [3.8, 4) is 17.1 Å². The van der Waals surface area contributed by atoms with Gasteiger partial charge in [0.25, 0.3) is 0 Å². The third-order valence-corrected chi connectivity index (χ3v) is 3.94. The summed E-state index contributed by atoms with van der Waals surface area (Å²) in [6.07, 6.45) is 3.12. The van der Waals surface area contributed by atoms with Crippen LogP contribution in [0.5, 0.6) is 5.75 Å². The Balaban J connectivity index is 1.54. The maximum Gasteiger partial charge on any atom is 0.330 e. The maximum absolute atomic E-state index is 11.3. The van der Waals surface area contributed by atoms with Crippen LogP contribution in [-0.4, -0.2) is 29.3 Å². The molecule has 0 spiro atoms. The first kappa shape index (κ1) is 20.1. The van der Waals surface area contributed by atoms with Crippen LogP contribution in [0.4, 0.5) is 5.69 Å². The minimum absolute atomic E-state index is 0.352. The van der Waals surface area contributed by atoms with Gasteiger partial charge in [-0.25, -0.2) is 4.79 Å². The van der Waals surface area contributed by atoms with Gasteiger partial charge in [-0.15, -0.1) is 0 Å². The molecule has 0 unspecified atom stereocenters. The maximum atomic E-state index is 11.3. The number of hydrogen-bond donors (Lipinski definition) is 1. The predicted octanol–water partition coefficient (Wildman–Crippen LogP) is 4.32. The van der Waals surface area contributed by atoms with Gasteiger partial charge < -0.3 is 19.3 Å². The zero-order valence-electron chi connectivity index (χ0n) is 16.4. The van der Waals surface area contributed by atoms with Crippen LogP contribution in [0.3, 0.4) is 0 Å². The molecule has 0 bridgehead atoms. The van der Waals surface area contributed by atoms with Gasteiger partial charge in [-0.2, -0.15) is 4.98 Å². The Morgan fingerprint density at radius 1 is 1.07 bits per heavy atom. The van der Waals surface area contributed by atoms with Crippen molar-refractivity contribution in [2.45, 2.75) is 20.4 Å². The standard InChI is InChI=1S/C22H23N3O4/c1-3-27-19-12-8-17(9-13-19)22-24-20(29-25-22)15-23-18-10-5-16(6-11-18)7-14-21(26)28-4-2/h5-14,23H,3-4,15H2,1-2H3/b14-7+. The monoisotopic (exact) mass is 393 g/mol. The van der Waals surface area contributed by atoms with Crippen LogP contribution in [-0.2, 0) is 16.1 Å². The lowest BCUT2D eigenvalue weighted by Crippen LogP contribution is -2.00. The van der Waals surface area contributed by atoms with Crippen LogP contribution in [0, 0.1) is 0 Å². The molecule has 0 aliphatic heterocycles. The molecule has 1 N–H and O–H groups in total. The van der Waals surface area contributed by atoms with Gasteiger partial charge in [-0.05, 0) is 61.9 Å². The molecule has 0 aliphatic rings. The van der Waals surface area contributed by atoms with Crippen LogP contribution in [0.2, 0.25) is 0 Å². The number of nitrogens with one attached hydrogen (secondary N) is 1. The molecular weight excluding hydrogens is 370 g/mol. The fraction of sp³-hybridized carbons (Fsp3) is 0.227. The summed E-state index contributed by atoms with van der Waals surface area (Å²) in [7, 11) is 0. The van der Waals surface area contributed by atoms with Gasteiger partial charge in [0.2, 0.25) is 11.7 Å². The summed E-state index contributed by atoms with van der Waals surface area (Å²) in [6.45, 7) is 5.11. The number of carbonyl (C=O) groups excluding carboxylic acids is 1. The SMILES string of the molecule is CCOC(=O)/C=C/c1ccc(NCc2nc(-c3ccc(OCC)cc3)no2)cc1. The average molecular weight is 393 g/mol. The Bertz CT molecular complexity index is 947. The molecule has 0 atom stereocenters. The third kappa shape index (κ3) is 5.93. The molecule has 0 saturated carbocycles. The molecule has 0 radical (unpaired) electrons. The van der Waals surface area contributed by atoms with Crippen molar-refractivity contribution < 1.29 is 18.8 Å². The number of carbonyl (C=O) groups is 1. The van der Waals surface area contributed by atoms with E-state index in [0.717, 1.165) is 22.6 Å². The van der Waals surface area contributed by atoms with Crippen molar-refractivity contribution in [2.75, 3.05) is 18.5 Å². The summed E-state index contributed by atoms with van der Waals surface area (Å²) < 4.78 is 15.6. The van der Waals surface area contributed by atoms with Gasteiger partial charge in [0.1, 0.15) is 5.75 Å². The molecule has 3 rings (SSSR count). The fourth-order valence-electron chi connectivity index (χ4n) is 2.56. The summed E-state index contributed by atoms with van der Waals surface area (Å²) >= 11 is 0. The van der Waals surface area contributed by atoms with Gasteiger partial charge in [0.05, 0.1) is 19.8 Å². The summed E-state index contributed by atoms with van der Waals surface area (Å²) in [6, 6.07) is 15.2. The number of anilines is 1. The topological polar surface area (TPSA) is 86.5 Å². The van der Waals surface area contributed by atoms with Gasteiger partial charge in [0, 0.05) is 17.3 Å². The van der Waals surface area contributed by atoms with Crippen LogP contribution < -0.4 is 10.1 Å². The van der Waals surface area contributed by atoms with Crippen molar-refractivity contribution >= 4 is 17.7 Å². The largest absolute Gasteiger partial charge is 0.494 e. The molecule has 2 aromatic carbocycles. The number of aromatic nitrogens is 2. The van der Waals surface area contributed by atoms with Crippen LogP contribution in [0.1, 0.15) is 25.3 Å². The van der Waals surface area contributed by atoms with E-state index in [1.807, 2.05) is 55.5 Å². The van der Waals surface area contributed by atoms with Crippen molar-refractivity contribution in [1.29, 1.82) is 0 Å². The predicted molar refractivity (Wildman–Crippen MR) is 110 cm³/mol. The highest BCUT2D eigenvalue weighted by atomic mass is 16.5. The average Bonchev–Trinajstić information content (AvgIpc) is 3.22. The molecule has 7 heteroatoms. The zero-order valence-corrected chi connectivity index (χ0v) is 16.4. The smallest absolute Gasteiger partial charge is 0.330 e. The molecule has 0 saturated heterocycles. The Morgan fingerprint density at radius 3 is 2.52 bits per heavy atom. The van der Waals surface area contributed by atoms with E-state index in [0.29, 0.717) is 31.5 Å². The minimum atomic E-state index is -0.352. The fourth-order valence-corrected chi connectivity index (χ4v) is 2.56. The molecule has 1 aromatic heterocycles. The van der Waals surface area contributed by atoms with Gasteiger partial charge >= 0.3 is 5.97 Å². The van der Waals surface area contributed by atoms with Crippen molar-refractivity contribution in [3.63, 3.8) is 0 Å². The summed E-state index contributed by atoms with van der Waals surface area (Å²) in [5.41, 5.74) is 2.67. The second-order valence-electron chi connectivity index (χ2n) is 6.03. The lowest BCUT2D eigenvalue weighted by Gasteiger charge is -2.03. The molecule has 0 amide bonds. The van der Waals surface area contributed by atoms with Crippen molar-refractivity contribution in [1.82, 2.24) is 10.1 Å². The lowest BCUT2D eigenvalue weighted by atomic mass is 10.2. The first-order chi connectivity index (χ1) is 14.2. The zero-order chi connectivity index (χ0) is 20.5. The first-order valence-electron chi connectivity index (χ1n) is 9.42. The molecule has 1 heterocycles. The quantitative estimate of drug-likeness (QED) is 0.428. The molecular formula is C22H23N3O4. The van der Waals surface area contributed by atoms with E-state index < -0.39 is 0 Å². The number of nitrogens with zero attached hydrogens (tertiary/aromatic N) is 2. The van der Waals surface area contributed by atoms with E-state index >= 15 is 0 Å². The van der Waals surface area contributed by atoms with Crippen molar-refractivity contribution in [2.24, 2.45) is 0 Å². The second-order valence-corrected chi connectivity index (χ2v) is 6.03. The summed E-state index contributed by atoms with van der Waals surface area (Å²) in [4.78, 5) is 15.8. The molecule has 0 aliphatic carbocycles. The van der Waals surface area contributed by atoms with Crippen LogP contribution >= 0.6 is 0 Å². The normalized spacial score (nSPS) is 10.8. The Hall–Kier alpha value is -3.61. The molecule has 3 aromatic rings. The summed E-state index contributed by atoms with van der Waals surface area (Å²) in [5, 5.41) is 7.26. The van der Waals surface area contributed by atoms with E-state index in [-0.39, 0.29) is 5.97 Å². The molecule has 29 heavy (non-hydrogen) atoms. The number of rotatable bonds is 9. The third-order valence-electron chi connectivity index (χ3n) is 3.94. The Labute approximate surface area is 169 Å². The summed E-state index contributed by atoms with van der Waals surface area (Å²) in [5.74, 6) is 1.47. The second kappa shape index (κ2) is 10.1. The Morgan fingerprint density at radius 2 is 1.83 bits per heavy atom. The van der Waals surface area contributed by atoms with Crippen LogP contribution in [0.25, 0.3) is 17.5 Å². The molecule has 0 fully saturated rings. The highest BCUT2D eigenvalue weighted by molar-refractivity contribution is 5.87. The van der Waals surface area contributed by atoms with Crippen LogP contribution in [0.15, 0.2) is 59.1 Å². The van der Waals surface area contributed by atoms with Gasteiger partial charge in [-0.3, -0.25) is 0 Å². The van der Waals surface area contributed by atoms with Gasteiger partial charge in [0.15, 0.2) is 0 Å². The van der Waals surface area contributed by atoms with E-state index in [9.17, 15) is 4.79 Å². The highest BCUT2D eigenvalue weighted by Gasteiger charge is 2.08. The van der Waals surface area contributed by atoms with E-state index in [1.165, 1.54) is 6.08 Å². The number of hydrogen-bond acceptors (Lipinski definition) is 7. The van der Waals surface area contributed by atoms with Crippen molar-refractivity contribution in [3.05, 3.63) is 66.1 Å². The van der Waals surface area contributed by atoms with E-state index in [1.54, 1.807) is 13.0 Å². The lowest BCUT2D eigenvalue weighted by molar-refractivity contribution is -0.137. The Kier molecular flexibility index (Phi) is 7.00. The van der Waals surface area contributed by atoms with E-state index in [2.05, 4.69) is 15.5 Å². The molecule has 150 valence electrons.